The van der Waals surface area contributed by atoms with Crippen LogP contribution in [-0.4, -0.2) is 82.2 Å². The second-order valence-corrected chi connectivity index (χ2v) is 7.15. The molecule has 168 valence electrons. The lowest BCUT2D eigenvalue weighted by Gasteiger charge is -2.36. The Morgan fingerprint density at radius 3 is 2.52 bits per heavy atom. The van der Waals surface area contributed by atoms with Crippen molar-refractivity contribution >= 4 is 11.9 Å². The minimum Gasteiger partial charge on any atom is -0.497 e. The van der Waals surface area contributed by atoms with Crippen molar-refractivity contribution < 1.29 is 18.7 Å². The summed E-state index contributed by atoms with van der Waals surface area (Å²) in [5.74, 6) is 2.64. The molecule has 1 amide bonds. The Hall–Kier alpha value is -3.20. The summed E-state index contributed by atoms with van der Waals surface area (Å²) in [6.45, 7) is 5.43. The minimum atomic E-state index is -0.219. The zero-order chi connectivity index (χ0) is 22.1. The monoisotopic (exact) mass is 429 g/mol. The Morgan fingerprint density at radius 2 is 1.87 bits per heavy atom. The second-order valence-electron chi connectivity index (χ2n) is 7.15. The maximum absolute atomic E-state index is 11.9. The van der Waals surface area contributed by atoms with Gasteiger partial charge in [-0.05, 0) is 30.3 Å². The third-order valence-corrected chi connectivity index (χ3v) is 5.20. The molecule has 1 aromatic carbocycles. The van der Waals surface area contributed by atoms with Gasteiger partial charge in [-0.1, -0.05) is 0 Å². The summed E-state index contributed by atoms with van der Waals surface area (Å²) >= 11 is 0. The largest absolute Gasteiger partial charge is 0.497 e. The summed E-state index contributed by atoms with van der Waals surface area (Å²) in [5.41, 5.74) is 1.12. The summed E-state index contributed by atoms with van der Waals surface area (Å²) < 4.78 is 15.9. The van der Waals surface area contributed by atoms with E-state index in [9.17, 15) is 4.79 Å². The van der Waals surface area contributed by atoms with Gasteiger partial charge in [0, 0.05) is 58.4 Å². The van der Waals surface area contributed by atoms with E-state index in [1.807, 2.05) is 18.2 Å². The number of carbonyl (C=O) groups excluding carboxylic acids is 1. The first-order valence-corrected chi connectivity index (χ1v) is 10.3. The van der Waals surface area contributed by atoms with Gasteiger partial charge in [0.05, 0.1) is 20.5 Å². The van der Waals surface area contributed by atoms with Crippen LogP contribution in [0, 0.1) is 0 Å². The highest BCUT2D eigenvalue weighted by molar-refractivity contribution is 5.91. The average molecular weight is 430 g/mol. The highest BCUT2D eigenvalue weighted by Gasteiger charge is 2.21. The fraction of sp³-hybridized carbons (Fsp3) is 0.455. The van der Waals surface area contributed by atoms with Crippen LogP contribution < -0.4 is 20.1 Å². The molecule has 9 nitrogen and oxygen atoms in total. The lowest BCUT2D eigenvalue weighted by Crippen LogP contribution is -2.53. The van der Waals surface area contributed by atoms with Gasteiger partial charge in [-0.3, -0.25) is 14.7 Å². The van der Waals surface area contributed by atoms with Crippen molar-refractivity contribution in [1.82, 2.24) is 20.4 Å². The van der Waals surface area contributed by atoms with Crippen molar-refractivity contribution in [2.24, 2.45) is 4.99 Å². The molecular weight excluding hydrogens is 398 g/mol. The summed E-state index contributed by atoms with van der Waals surface area (Å²) in [6, 6.07) is 9.22. The van der Waals surface area contributed by atoms with E-state index in [1.54, 1.807) is 33.4 Å². The molecule has 1 fully saturated rings. The average Bonchev–Trinajstić information content (AvgIpc) is 3.35. The van der Waals surface area contributed by atoms with Crippen molar-refractivity contribution in [1.29, 1.82) is 0 Å². The molecule has 0 aliphatic carbocycles. The van der Waals surface area contributed by atoms with Gasteiger partial charge in [0.2, 0.25) is 0 Å². The van der Waals surface area contributed by atoms with Crippen LogP contribution >= 0.6 is 0 Å². The third-order valence-electron chi connectivity index (χ3n) is 5.20. The van der Waals surface area contributed by atoms with E-state index >= 15 is 0 Å². The lowest BCUT2D eigenvalue weighted by atomic mass is 10.1. The molecule has 3 rings (SSSR count). The molecule has 2 N–H and O–H groups in total. The summed E-state index contributed by atoms with van der Waals surface area (Å²) in [4.78, 5) is 20.9. The second kappa shape index (κ2) is 11.3. The number of hydrogen-bond acceptors (Lipinski definition) is 6. The molecule has 9 heteroatoms. The predicted molar refractivity (Wildman–Crippen MR) is 119 cm³/mol. The number of nitrogens with zero attached hydrogens (tertiary/aromatic N) is 3. The number of ether oxygens (including phenoxy) is 2. The van der Waals surface area contributed by atoms with Crippen LogP contribution in [-0.2, 0) is 6.54 Å². The third kappa shape index (κ3) is 6.14. The Kier molecular flexibility index (Phi) is 8.17. The normalized spacial score (nSPS) is 14.9. The zero-order valence-electron chi connectivity index (χ0n) is 18.4. The van der Waals surface area contributed by atoms with Crippen molar-refractivity contribution in [2.45, 2.75) is 6.54 Å². The fourth-order valence-corrected chi connectivity index (χ4v) is 3.54. The van der Waals surface area contributed by atoms with Gasteiger partial charge in [0.25, 0.3) is 5.91 Å². The van der Waals surface area contributed by atoms with E-state index in [0.717, 1.165) is 55.7 Å². The number of hydrogen-bond donors (Lipinski definition) is 2. The van der Waals surface area contributed by atoms with Gasteiger partial charge in [0.15, 0.2) is 11.7 Å². The number of rotatable bonds is 8. The molecule has 0 spiro atoms. The first-order chi connectivity index (χ1) is 15.1. The summed E-state index contributed by atoms with van der Waals surface area (Å²) in [7, 11) is 5.14. The Labute approximate surface area is 183 Å². The quantitative estimate of drug-likeness (QED) is 0.373. The van der Waals surface area contributed by atoms with Gasteiger partial charge in [-0.15, -0.1) is 0 Å². The molecule has 2 aromatic rings. The van der Waals surface area contributed by atoms with Crippen molar-refractivity contribution in [3.05, 3.63) is 47.9 Å². The van der Waals surface area contributed by atoms with E-state index in [-0.39, 0.29) is 5.91 Å². The van der Waals surface area contributed by atoms with E-state index in [4.69, 9.17) is 13.9 Å². The number of methoxy groups -OCH3 is 2. The highest BCUT2D eigenvalue weighted by Crippen LogP contribution is 2.25. The molecule has 1 saturated heterocycles. The number of benzene rings is 1. The number of piperazine rings is 1. The van der Waals surface area contributed by atoms with Crippen LogP contribution in [0.25, 0.3) is 0 Å². The van der Waals surface area contributed by atoms with Crippen LogP contribution in [0.3, 0.4) is 0 Å². The zero-order valence-corrected chi connectivity index (χ0v) is 18.4. The standard InChI is InChI=1S/C22H31N5O4/c1-23-22(25-9-8-24-21(28)20-5-4-14-31-20)27-12-10-26(11-13-27)16-17-15-18(29-2)6-7-19(17)30-3/h4-7,14-15H,8-13,16H2,1-3H3,(H,23,25)(H,24,28). The predicted octanol–water partition coefficient (Wildman–Crippen LogP) is 1.42. The van der Waals surface area contributed by atoms with Crippen molar-refractivity contribution in [3.8, 4) is 11.5 Å². The fourth-order valence-electron chi connectivity index (χ4n) is 3.54. The van der Waals surface area contributed by atoms with Crippen molar-refractivity contribution in [2.75, 3.05) is 60.5 Å². The summed E-state index contributed by atoms with van der Waals surface area (Å²) in [5, 5.41) is 6.14. The van der Waals surface area contributed by atoms with Gasteiger partial charge < -0.3 is 29.4 Å². The number of amides is 1. The number of carbonyl (C=O) groups is 1. The van der Waals surface area contributed by atoms with E-state index in [1.165, 1.54) is 6.26 Å². The maximum Gasteiger partial charge on any atom is 0.287 e. The van der Waals surface area contributed by atoms with Crippen LogP contribution in [0.4, 0.5) is 0 Å². The summed E-state index contributed by atoms with van der Waals surface area (Å²) in [6.07, 6.45) is 1.49. The van der Waals surface area contributed by atoms with Crippen LogP contribution in [0.15, 0.2) is 46.0 Å². The van der Waals surface area contributed by atoms with Crippen LogP contribution in [0.5, 0.6) is 11.5 Å². The van der Waals surface area contributed by atoms with Gasteiger partial charge in [0.1, 0.15) is 11.5 Å². The minimum absolute atomic E-state index is 0.219. The molecule has 0 radical (unpaired) electrons. The Bertz CT molecular complexity index is 861. The molecule has 0 bridgehead atoms. The molecule has 1 aliphatic heterocycles. The molecule has 0 unspecified atom stereocenters. The number of nitrogens with one attached hydrogen (secondary N) is 2. The van der Waals surface area contributed by atoms with Crippen molar-refractivity contribution in [3.63, 3.8) is 0 Å². The van der Waals surface area contributed by atoms with E-state index in [2.05, 4.69) is 25.4 Å². The van der Waals surface area contributed by atoms with Gasteiger partial charge >= 0.3 is 0 Å². The number of furan rings is 1. The van der Waals surface area contributed by atoms with Crippen LogP contribution in [0.2, 0.25) is 0 Å². The van der Waals surface area contributed by atoms with Gasteiger partial charge in [-0.2, -0.15) is 0 Å². The molecule has 31 heavy (non-hydrogen) atoms. The lowest BCUT2D eigenvalue weighted by molar-refractivity contribution is 0.0926. The van der Waals surface area contributed by atoms with E-state index < -0.39 is 0 Å². The topological polar surface area (TPSA) is 91.6 Å². The first-order valence-electron chi connectivity index (χ1n) is 10.3. The smallest absolute Gasteiger partial charge is 0.287 e. The Morgan fingerprint density at radius 1 is 1.10 bits per heavy atom. The molecule has 1 aromatic heterocycles. The molecule has 0 saturated carbocycles. The molecule has 0 atom stereocenters. The van der Waals surface area contributed by atoms with Gasteiger partial charge in [-0.25, -0.2) is 0 Å². The van der Waals surface area contributed by atoms with Crippen LogP contribution in [0.1, 0.15) is 16.1 Å². The SMILES string of the molecule is CN=C(NCCNC(=O)c1ccco1)N1CCN(Cc2cc(OC)ccc2OC)CC1. The molecular formula is C22H31N5O4. The maximum atomic E-state index is 11.9. The Balaban J connectivity index is 1.43. The molecule has 1 aliphatic rings. The first kappa shape index (κ1) is 22.5. The highest BCUT2D eigenvalue weighted by atomic mass is 16.5. The van der Waals surface area contributed by atoms with E-state index in [0.29, 0.717) is 18.8 Å². The number of aliphatic imine (C=N–C) groups is 1. The number of guanidine groups is 1. The molecule has 2 heterocycles.